The van der Waals surface area contributed by atoms with E-state index < -0.39 is 23.5 Å². The molecule has 0 aliphatic carbocycles. The monoisotopic (exact) mass is 503 g/mol. The van der Waals surface area contributed by atoms with Gasteiger partial charge in [0.2, 0.25) is 6.79 Å². The standard InChI is InChI=1S/C28H25NO8/c1-33-18-7-4-6-17(13-18)25-24(26(30)23-20(34-2)8-5-9-21(23)35-3)27(31)28(32)29(25)14-16-10-11-19-22(12-16)37-15-36-19/h4-13,25,30H,14-15H2,1-3H3/b26-24+. The number of ketones is 1. The number of fused-ring (bicyclic) bond motifs is 1. The second-order valence-electron chi connectivity index (χ2n) is 8.43. The average molecular weight is 504 g/mol. The number of ether oxygens (including phenoxy) is 5. The van der Waals surface area contributed by atoms with Gasteiger partial charge in [0.25, 0.3) is 11.7 Å². The van der Waals surface area contributed by atoms with Gasteiger partial charge in [0.15, 0.2) is 11.5 Å². The zero-order chi connectivity index (χ0) is 26.1. The fourth-order valence-electron chi connectivity index (χ4n) is 4.66. The van der Waals surface area contributed by atoms with Gasteiger partial charge in [-0.05, 0) is 47.5 Å². The van der Waals surface area contributed by atoms with Crippen LogP contribution < -0.4 is 23.7 Å². The molecule has 2 heterocycles. The summed E-state index contributed by atoms with van der Waals surface area (Å²) in [4.78, 5) is 28.3. The van der Waals surface area contributed by atoms with Crippen molar-refractivity contribution in [1.82, 2.24) is 4.90 Å². The summed E-state index contributed by atoms with van der Waals surface area (Å²) in [6.07, 6.45) is 0. The Kier molecular flexibility index (Phi) is 6.35. The minimum absolute atomic E-state index is 0.0817. The molecule has 2 aliphatic heterocycles. The lowest BCUT2D eigenvalue weighted by atomic mass is 9.94. The molecule has 1 N–H and O–H groups in total. The van der Waals surface area contributed by atoms with Gasteiger partial charge in [-0.3, -0.25) is 9.59 Å². The third kappa shape index (κ3) is 4.18. The van der Waals surface area contributed by atoms with E-state index >= 15 is 0 Å². The van der Waals surface area contributed by atoms with Gasteiger partial charge in [-0.1, -0.05) is 24.3 Å². The summed E-state index contributed by atoms with van der Waals surface area (Å²) in [6, 6.07) is 16.4. The quantitative estimate of drug-likeness (QED) is 0.293. The van der Waals surface area contributed by atoms with Crippen molar-refractivity contribution < 1.29 is 38.4 Å². The van der Waals surface area contributed by atoms with Crippen LogP contribution in [-0.2, 0) is 16.1 Å². The summed E-state index contributed by atoms with van der Waals surface area (Å²) in [5, 5.41) is 11.6. The van der Waals surface area contributed by atoms with Crippen molar-refractivity contribution in [1.29, 1.82) is 0 Å². The Hall–Kier alpha value is -4.66. The number of carbonyl (C=O) groups is 2. The number of carbonyl (C=O) groups excluding carboxylic acids is 2. The number of rotatable bonds is 7. The lowest BCUT2D eigenvalue weighted by molar-refractivity contribution is -0.140. The topological polar surface area (TPSA) is 104 Å². The zero-order valence-electron chi connectivity index (χ0n) is 20.5. The predicted molar refractivity (Wildman–Crippen MR) is 133 cm³/mol. The minimum atomic E-state index is -0.907. The maximum Gasteiger partial charge on any atom is 0.295 e. The molecule has 1 fully saturated rings. The molecular weight excluding hydrogens is 478 g/mol. The number of aliphatic hydroxyl groups is 1. The third-order valence-electron chi connectivity index (χ3n) is 6.40. The van der Waals surface area contributed by atoms with Gasteiger partial charge >= 0.3 is 0 Å². The summed E-state index contributed by atoms with van der Waals surface area (Å²) in [5.41, 5.74) is 1.42. The zero-order valence-corrected chi connectivity index (χ0v) is 20.5. The molecular formula is C28H25NO8. The maximum absolute atomic E-state index is 13.5. The Morgan fingerprint density at radius 1 is 0.919 bits per heavy atom. The van der Waals surface area contributed by atoms with Gasteiger partial charge in [-0.2, -0.15) is 0 Å². The summed E-state index contributed by atoms with van der Waals surface area (Å²) in [6.45, 7) is 0.205. The fourth-order valence-corrected chi connectivity index (χ4v) is 4.66. The molecule has 9 heteroatoms. The second kappa shape index (κ2) is 9.77. The van der Waals surface area contributed by atoms with Crippen molar-refractivity contribution in [2.75, 3.05) is 28.1 Å². The SMILES string of the molecule is COc1cccc(C2/C(=C(\O)c3c(OC)cccc3OC)C(=O)C(=O)N2Cc2ccc3c(c2)OCO3)c1. The first-order chi connectivity index (χ1) is 18.0. The summed E-state index contributed by atoms with van der Waals surface area (Å²) in [5.74, 6) is 0.338. The van der Waals surface area contributed by atoms with Crippen molar-refractivity contribution in [2.24, 2.45) is 0 Å². The molecule has 1 saturated heterocycles. The number of Topliss-reactive ketones (excluding diaryl/α,β-unsaturated/α-hetero) is 1. The molecule has 0 spiro atoms. The predicted octanol–water partition coefficient (Wildman–Crippen LogP) is 4.06. The van der Waals surface area contributed by atoms with Crippen molar-refractivity contribution in [3.8, 4) is 28.7 Å². The molecule has 0 bridgehead atoms. The van der Waals surface area contributed by atoms with Gasteiger partial charge in [-0.15, -0.1) is 0 Å². The number of methoxy groups -OCH3 is 3. The van der Waals surface area contributed by atoms with E-state index in [-0.39, 0.29) is 24.5 Å². The van der Waals surface area contributed by atoms with E-state index in [1.165, 1.54) is 26.2 Å². The van der Waals surface area contributed by atoms with Crippen LogP contribution >= 0.6 is 0 Å². The highest BCUT2D eigenvalue weighted by molar-refractivity contribution is 6.46. The molecule has 9 nitrogen and oxygen atoms in total. The molecule has 1 amide bonds. The molecule has 0 saturated carbocycles. The van der Waals surface area contributed by atoms with Gasteiger partial charge in [0.05, 0.1) is 32.9 Å². The molecule has 2 aliphatic rings. The number of nitrogens with zero attached hydrogens (tertiary/aromatic N) is 1. The molecule has 190 valence electrons. The molecule has 1 unspecified atom stereocenters. The van der Waals surface area contributed by atoms with Gasteiger partial charge < -0.3 is 33.7 Å². The van der Waals surface area contributed by atoms with E-state index in [0.29, 0.717) is 34.3 Å². The Bertz CT molecular complexity index is 1390. The lowest BCUT2D eigenvalue weighted by Crippen LogP contribution is -2.29. The van der Waals surface area contributed by atoms with Crippen LogP contribution in [0.25, 0.3) is 5.76 Å². The van der Waals surface area contributed by atoms with Gasteiger partial charge in [0.1, 0.15) is 28.6 Å². The van der Waals surface area contributed by atoms with E-state index in [1.807, 2.05) is 0 Å². The lowest BCUT2D eigenvalue weighted by Gasteiger charge is -2.26. The Morgan fingerprint density at radius 2 is 1.62 bits per heavy atom. The van der Waals surface area contributed by atoms with E-state index in [2.05, 4.69) is 0 Å². The van der Waals surface area contributed by atoms with Crippen LogP contribution in [0.1, 0.15) is 22.7 Å². The largest absolute Gasteiger partial charge is 0.506 e. The normalized spacial score (nSPS) is 17.7. The molecule has 1 atom stereocenters. The number of amides is 1. The summed E-state index contributed by atoms with van der Waals surface area (Å²) < 4.78 is 27.1. The van der Waals surface area contributed by atoms with E-state index in [9.17, 15) is 14.7 Å². The summed E-state index contributed by atoms with van der Waals surface area (Å²) in [7, 11) is 4.43. The minimum Gasteiger partial charge on any atom is -0.506 e. The summed E-state index contributed by atoms with van der Waals surface area (Å²) >= 11 is 0. The number of hydrogen-bond acceptors (Lipinski definition) is 8. The van der Waals surface area contributed by atoms with Gasteiger partial charge in [0, 0.05) is 6.54 Å². The number of benzene rings is 3. The van der Waals surface area contributed by atoms with Crippen LogP contribution in [0.3, 0.4) is 0 Å². The highest BCUT2D eigenvalue weighted by Gasteiger charge is 2.47. The van der Waals surface area contributed by atoms with Crippen molar-refractivity contribution in [3.63, 3.8) is 0 Å². The van der Waals surface area contributed by atoms with Crippen LogP contribution in [0.5, 0.6) is 28.7 Å². The second-order valence-corrected chi connectivity index (χ2v) is 8.43. The first kappa shape index (κ1) is 24.1. The van der Waals surface area contributed by atoms with Crippen molar-refractivity contribution >= 4 is 17.4 Å². The molecule has 3 aromatic rings. The molecule has 0 aromatic heterocycles. The first-order valence-corrected chi connectivity index (χ1v) is 11.5. The Balaban J connectivity index is 1.68. The van der Waals surface area contributed by atoms with E-state index in [0.717, 1.165) is 5.56 Å². The first-order valence-electron chi connectivity index (χ1n) is 11.5. The highest BCUT2D eigenvalue weighted by atomic mass is 16.7. The highest BCUT2D eigenvalue weighted by Crippen LogP contribution is 2.45. The Labute approximate surface area is 213 Å². The van der Waals surface area contributed by atoms with Gasteiger partial charge in [-0.25, -0.2) is 0 Å². The van der Waals surface area contributed by atoms with Crippen LogP contribution in [0.15, 0.2) is 66.2 Å². The van der Waals surface area contributed by atoms with E-state index in [4.69, 9.17) is 23.7 Å². The van der Waals surface area contributed by atoms with Crippen LogP contribution in [-0.4, -0.2) is 49.8 Å². The number of likely N-dealkylation sites (tertiary alicyclic amines) is 1. The molecule has 5 rings (SSSR count). The van der Waals surface area contributed by atoms with Crippen LogP contribution in [0.2, 0.25) is 0 Å². The Morgan fingerprint density at radius 3 is 2.32 bits per heavy atom. The van der Waals surface area contributed by atoms with E-state index in [1.54, 1.807) is 60.7 Å². The molecule has 37 heavy (non-hydrogen) atoms. The van der Waals surface area contributed by atoms with Crippen LogP contribution in [0.4, 0.5) is 0 Å². The van der Waals surface area contributed by atoms with Crippen molar-refractivity contribution in [3.05, 3.63) is 82.9 Å². The molecule has 3 aromatic carbocycles. The van der Waals surface area contributed by atoms with Crippen LogP contribution in [0, 0.1) is 0 Å². The number of hydrogen-bond donors (Lipinski definition) is 1. The average Bonchev–Trinajstić information content (AvgIpc) is 3.50. The smallest absolute Gasteiger partial charge is 0.295 e. The number of aliphatic hydroxyl groups excluding tert-OH is 1. The van der Waals surface area contributed by atoms with Crippen molar-refractivity contribution in [2.45, 2.75) is 12.6 Å². The third-order valence-corrected chi connectivity index (χ3v) is 6.40. The molecule has 0 radical (unpaired) electrons. The fraction of sp³-hybridized carbons (Fsp3) is 0.214. The maximum atomic E-state index is 13.5.